The van der Waals surface area contributed by atoms with Crippen molar-refractivity contribution in [2.45, 2.75) is 32.5 Å². The summed E-state index contributed by atoms with van der Waals surface area (Å²) < 4.78 is 11.0. The molecule has 1 aromatic rings. The van der Waals surface area contributed by atoms with Gasteiger partial charge in [0.25, 0.3) is 0 Å². The van der Waals surface area contributed by atoms with Gasteiger partial charge >= 0.3 is 0 Å². The monoisotopic (exact) mass is 335 g/mol. The third kappa shape index (κ3) is 7.34. The van der Waals surface area contributed by atoms with Crippen molar-refractivity contribution < 1.29 is 14.6 Å². The maximum Gasteiger partial charge on any atom is 0.139 e. The molecule has 1 rings (SSSR count). The van der Waals surface area contributed by atoms with Gasteiger partial charge < -0.3 is 19.9 Å². The Morgan fingerprint density at radius 2 is 2.05 bits per heavy atom. The lowest BCUT2D eigenvalue weighted by Crippen LogP contribution is -2.41. The summed E-state index contributed by atoms with van der Waals surface area (Å²) in [5.74, 6) is 0.470. The molecular formula is C15H23Cl2NO3. The molecule has 0 aliphatic rings. The van der Waals surface area contributed by atoms with E-state index in [1.165, 1.54) is 0 Å². The third-order valence-corrected chi connectivity index (χ3v) is 3.34. The second-order valence-corrected chi connectivity index (χ2v) is 6.21. The lowest BCUT2D eigenvalue weighted by Gasteiger charge is -2.25. The minimum Gasteiger partial charge on any atom is -0.489 e. The molecule has 1 unspecified atom stereocenters. The Hall–Kier alpha value is -0.520. The highest BCUT2D eigenvalue weighted by Gasteiger charge is 2.17. The largest absolute Gasteiger partial charge is 0.489 e. The first-order valence-electron chi connectivity index (χ1n) is 6.94. The molecule has 0 aliphatic carbocycles. The van der Waals surface area contributed by atoms with Crippen LogP contribution in [0.2, 0.25) is 10.0 Å². The van der Waals surface area contributed by atoms with E-state index in [-0.39, 0.29) is 12.2 Å². The van der Waals surface area contributed by atoms with Crippen LogP contribution in [0.5, 0.6) is 5.75 Å². The number of halogens is 2. The summed E-state index contributed by atoms with van der Waals surface area (Å²) in [4.78, 5) is 0. The molecule has 4 nitrogen and oxygen atoms in total. The SMILES string of the molecule is CCOC(C)(C)CNCC(O)COc1cc(Cl)ccc1Cl. The Balaban J connectivity index is 2.31. The van der Waals surface area contributed by atoms with E-state index in [9.17, 15) is 5.11 Å². The van der Waals surface area contributed by atoms with Crippen LogP contribution in [-0.2, 0) is 4.74 Å². The summed E-state index contributed by atoms with van der Waals surface area (Å²) in [7, 11) is 0. The van der Waals surface area contributed by atoms with Crippen LogP contribution in [0.25, 0.3) is 0 Å². The number of benzene rings is 1. The number of rotatable bonds is 9. The highest BCUT2D eigenvalue weighted by molar-refractivity contribution is 6.34. The molecular weight excluding hydrogens is 313 g/mol. The summed E-state index contributed by atoms with van der Waals surface area (Å²) in [5, 5.41) is 14.1. The minimum atomic E-state index is -0.641. The molecule has 0 radical (unpaired) electrons. The first-order valence-corrected chi connectivity index (χ1v) is 7.70. The van der Waals surface area contributed by atoms with Crippen molar-refractivity contribution in [2.24, 2.45) is 0 Å². The van der Waals surface area contributed by atoms with Crippen molar-refractivity contribution in [1.29, 1.82) is 0 Å². The van der Waals surface area contributed by atoms with Gasteiger partial charge in [0.05, 0.1) is 10.6 Å². The lowest BCUT2D eigenvalue weighted by atomic mass is 10.1. The molecule has 1 atom stereocenters. The molecule has 0 aromatic heterocycles. The van der Waals surface area contributed by atoms with Crippen LogP contribution in [0.3, 0.4) is 0 Å². The van der Waals surface area contributed by atoms with Gasteiger partial charge in [-0.2, -0.15) is 0 Å². The predicted octanol–water partition coefficient (Wildman–Crippen LogP) is 3.14. The summed E-state index contributed by atoms with van der Waals surface area (Å²) in [6.45, 7) is 7.82. The van der Waals surface area contributed by atoms with Crippen LogP contribution in [0, 0.1) is 0 Å². The van der Waals surface area contributed by atoms with Crippen molar-refractivity contribution in [1.82, 2.24) is 5.32 Å². The topological polar surface area (TPSA) is 50.7 Å². The summed E-state index contributed by atoms with van der Waals surface area (Å²) in [6, 6.07) is 4.97. The van der Waals surface area contributed by atoms with Gasteiger partial charge in [-0.3, -0.25) is 0 Å². The Labute approximate surface area is 136 Å². The van der Waals surface area contributed by atoms with E-state index in [0.717, 1.165) is 0 Å². The standard InChI is InChI=1S/C15H23Cl2NO3/c1-4-21-15(2,3)10-18-8-12(19)9-20-14-7-11(16)5-6-13(14)17/h5-7,12,18-19H,4,8-10H2,1-3H3. The van der Waals surface area contributed by atoms with Gasteiger partial charge in [-0.1, -0.05) is 23.2 Å². The van der Waals surface area contributed by atoms with Crippen molar-refractivity contribution in [2.75, 3.05) is 26.3 Å². The fourth-order valence-corrected chi connectivity index (χ4v) is 2.15. The van der Waals surface area contributed by atoms with Crippen molar-refractivity contribution in [3.8, 4) is 5.75 Å². The molecule has 0 bridgehead atoms. The fraction of sp³-hybridized carbons (Fsp3) is 0.600. The molecule has 0 amide bonds. The van der Waals surface area contributed by atoms with Crippen LogP contribution in [0.4, 0.5) is 0 Å². The second kappa shape index (κ2) is 8.81. The quantitative estimate of drug-likeness (QED) is 0.727. The first kappa shape index (κ1) is 18.5. The normalized spacial score (nSPS) is 13.2. The van der Waals surface area contributed by atoms with E-state index in [0.29, 0.717) is 35.5 Å². The molecule has 0 aliphatic heterocycles. The van der Waals surface area contributed by atoms with Crippen LogP contribution < -0.4 is 10.1 Å². The molecule has 0 spiro atoms. The molecule has 120 valence electrons. The molecule has 0 heterocycles. The van der Waals surface area contributed by atoms with E-state index in [4.69, 9.17) is 32.7 Å². The number of ether oxygens (including phenoxy) is 2. The maximum absolute atomic E-state index is 9.89. The van der Waals surface area contributed by atoms with Crippen molar-refractivity contribution in [3.63, 3.8) is 0 Å². The molecule has 6 heteroatoms. The van der Waals surface area contributed by atoms with Crippen molar-refractivity contribution in [3.05, 3.63) is 28.2 Å². The van der Waals surface area contributed by atoms with E-state index in [1.807, 2.05) is 20.8 Å². The zero-order valence-corrected chi connectivity index (χ0v) is 14.2. The van der Waals surface area contributed by atoms with Crippen molar-refractivity contribution >= 4 is 23.2 Å². The zero-order chi connectivity index (χ0) is 15.9. The number of hydrogen-bond donors (Lipinski definition) is 2. The zero-order valence-electron chi connectivity index (χ0n) is 12.7. The Morgan fingerprint density at radius 3 is 2.71 bits per heavy atom. The van der Waals surface area contributed by atoms with Crippen LogP contribution >= 0.6 is 23.2 Å². The molecule has 21 heavy (non-hydrogen) atoms. The van der Waals surface area contributed by atoms with Crippen LogP contribution in [-0.4, -0.2) is 43.1 Å². The highest BCUT2D eigenvalue weighted by atomic mass is 35.5. The predicted molar refractivity (Wildman–Crippen MR) is 86.5 cm³/mol. The van der Waals surface area contributed by atoms with Gasteiger partial charge in [0.2, 0.25) is 0 Å². The van der Waals surface area contributed by atoms with E-state index >= 15 is 0 Å². The molecule has 0 saturated heterocycles. The Morgan fingerprint density at radius 1 is 1.33 bits per heavy atom. The van der Waals surface area contributed by atoms with Gasteiger partial charge in [0.15, 0.2) is 0 Å². The van der Waals surface area contributed by atoms with Gasteiger partial charge in [-0.15, -0.1) is 0 Å². The van der Waals surface area contributed by atoms with Gasteiger partial charge in [-0.25, -0.2) is 0 Å². The Kier molecular flexibility index (Phi) is 7.77. The van der Waals surface area contributed by atoms with E-state index in [2.05, 4.69) is 5.32 Å². The number of aliphatic hydroxyl groups excluding tert-OH is 1. The average molecular weight is 336 g/mol. The van der Waals surface area contributed by atoms with Crippen LogP contribution in [0.15, 0.2) is 18.2 Å². The highest BCUT2D eigenvalue weighted by Crippen LogP contribution is 2.27. The van der Waals surface area contributed by atoms with E-state index < -0.39 is 6.10 Å². The molecule has 0 fully saturated rings. The van der Waals surface area contributed by atoms with Gasteiger partial charge in [0, 0.05) is 30.8 Å². The first-order chi connectivity index (χ1) is 9.84. The summed E-state index contributed by atoms with van der Waals surface area (Å²) in [5.41, 5.74) is -0.258. The Bertz CT molecular complexity index is 441. The third-order valence-electron chi connectivity index (χ3n) is 2.79. The minimum absolute atomic E-state index is 0.141. The number of nitrogens with one attached hydrogen (secondary N) is 1. The number of hydrogen-bond acceptors (Lipinski definition) is 4. The number of aliphatic hydroxyl groups is 1. The van der Waals surface area contributed by atoms with E-state index in [1.54, 1.807) is 18.2 Å². The second-order valence-electron chi connectivity index (χ2n) is 5.36. The fourth-order valence-electron chi connectivity index (χ4n) is 1.81. The smallest absolute Gasteiger partial charge is 0.139 e. The lowest BCUT2D eigenvalue weighted by molar-refractivity contribution is -0.0112. The van der Waals surface area contributed by atoms with Gasteiger partial charge in [0.1, 0.15) is 18.5 Å². The summed E-state index contributed by atoms with van der Waals surface area (Å²) in [6.07, 6.45) is -0.641. The summed E-state index contributed by atoms with van der Waals surface area (Å²) >= 11 is 11.8. The van der Waals surface area contributed by atoms with Gasteiger partial charge in [-0.05, 0) is 32.9 Å². The molecule has 0 saturated carbocycles. The average Bonchev–Trinajstić information content (AvgIpc) is 2.39. The maximum atomic E-state index is 9.89. The molecule has 1 aromatic carbocycles. The molecule has 2 N–H and O–H groups in total. The van der Waals surface area contributed by atoms with Crippen LogP contribution in [0.1, 0.15) is 20.8 Å².